The zero-order valence-electron chi connectivity index (χ0n) is 9.28. The Morgan fingerprint density at radius 2 is 2.17 bits per heavy atom. The molecule has 1 saturated heterocycles. The summed E-state index contributed by atoms with van der Waals surface area (Å²) in [6.07, 6.45) is 1.43. The number of rotatable bonds is 3. The van der Waals surface area contributed by atoms with Crippen molar-refractivity contribution in [3.63, 3.8) is 0 Å². The Morgan fingerprint density at radius 1 is 1.44 bits per heavy atom. The van der Waals surface area contributed by atoms with Gasteiger partial charge >= 0.3 is 0 Å². The zero-order chi connectivity index (χ0) is 13.0. The lowest BCUT2D eigenvalue weighted by atomic mass is 10.3. The van der Waals surface area contributed by atoms with Crippen LogP contribution in [0.5, 0.6) is 0 Å². The molecular formula is C10H10FN5O2. The van der Waals surface area contributed by atoms with E-state index < -0.39 is 5.03 Å². The molecule has 1 aromatic rings. The minimum atomic E-state index is -0.771. The van der Waals surface area contributed by atoms with Crippen molar-refractivity contribution in [3.8, 4) is 0 Å². The molecule has 1 heterocycles. The van der Waals surface area contributed by atoms with Crippen LogP contribution in [0.15, 0.2) is 34.4 Å². The highest BCUT2D eigenvalue weighted by atomic mass is 19.1. The Balaban J connectivity index is 2.08. The van der Waals surface area contributed by atoms with Crippen LogP contribution in [0.3, 0.4) is 0 Å². The van der Waals surface area contributed by atoms with Crippen molar-refractivity contribution in [1.82, 2.24) is 10.2 Å². The number of nitro groups is 1. The quantitative estimate of drug-likeness (QED) is 0.375. The lowest BCUT2D eigenvalue weighted by Crippen LogP contribution is -2.29. The van der Waals surface area contributed by atoms with E-state index >= 15 is 0 Å². The van der Waals surface area contributed by atoms with Crippen LogP contribution in [0.1, 0.15) is 0 Å². The van der Waals surface area contributed by atoms with Crippen molar-refractivity contribution in [2.45, 2.75) is 0 Å². The number of nitrogens with zero attached hydrogens (tertiary/aromatic N) is 4. The summed E-state index contributed by atoms with van der Waals surface area (Å²) >= 11 is 0. The molecule has 0 spiro atoms. The first-order valence-electron chi connectivity index (χ1n) is 5.18. The fourth-order valence-electron chi connectivity index (χ4n) is 1.44. The molecule has 7 nitrogen and oxygen atoms in total. The first-order valence-corrected chi connectivity index (χ1v) is 5.18. The number of halogens is 1. The van der Waals surface area contributed by atoms with Gasteiger partial charge in [-0.25, -0.2) is 19.5 Å². The molecule has 2 rings (SSSR count). The van der Waals surface area contributed by atoms with Crippen LogP contribution in [-0.4, -0.2) is 35.3 Å². The number of aliphatic imine (C=N–C) groups is 1. The van der Waals surface area contributed by atoms with Crippen molar-refractivity contribution in [3.05, 3.63) is 40.2 Å². The van der Waals surface area contributed by atoms with Crippen LogP contribution in [0.2, 0.25) is 0 Å². The van der Waals surface area contributed by atoms with Crippen LogP contribution < -0.4 is 5.32 Å². The summed E-state index contributed by atoms with van der Waals surface area (Å²) in [6, 6.07) is 5.61. The largest absolute Gasteiger partial charge is 0.349 e. The third kappa shape index (κ3) is 3.00. The Hall–Kier alpha value is -2.51. The van der Waals surface area contributed by atoms with Crippen LogP contribution in [-0.2, 0) is 0 Å². The maximum Gasteiger partial charge on any atom is 0.276 e. The number of hydrogen-bond acceptors (Lipinski definition) is 3. The monoisotopic (exact) mass is 251 g/mol. The standard InChI is InChI=1S/C10H10FN5O2/c11-8-1-3-9(4-2-8)13-7-15-6-5-12-10(15)14-16(17)18/h1-4,7H,5-6H2,(H,12,14)/b13-7+. The second-order valence-corrected chi connectivity index (χ2v) is 3.50. The van der Waals surface area contributed by atoms with Gasteiger partial charge in [0.2, 0.25) is 0 Å². The molecule has 0 saturated carbocycles. The summed E-state index contributed by atoms with van der Waals surface area (Å²) in [4.78, 5) is 15.9. The zero-order valence-corrected chi connectivity index (χ0v) is 9.28. The minimum Gasteiger partial charge on any atom is -0.349 e. The minimum absolute atomic E-state index is 0.144. The highest BCUT2D eigenvalue weighted by Crippen LogP contribution is 2.11. The molecule has 18 heavy (non-hydrogen) atoms. The fourth-order valence-corrected chi connectivity index (χ4v) is 1.44. The number of hydrazone groups is 1. The molecule has 8 heteroatoms. The third-order valence-electron chi connectivity index (χ3n) is 2.26. The summed E-state index contributed by atoms with van der Waals surface area (Å²) in [6.45, 7) is 1.10. The molecule has 0 aromatic heterocycles. The van der Waals surface area contributed by atoms with Gasteiger partial charge in [-0.1, -0.05) is 0 Å². The topological polar surface area (TPSA) is 83.1 Å². The van der Waals surface area contributed by atoms with Crippen molar-refractivity contribution in [1.29, 1.82) is 0 Å². The van der Waals surface area contributed by atoms with Crippen LogP contribution >= 0.6 is 0 Å². The predicted octanol–water partition coefficient (Wildman–Crippen LogP) is 0.938. The van der Waals surface area contributed by atoms with Gasteiger partial charge in [-0.15, -0.1) is 0 Å². The first kappa shape index (κ1) is 12.0. The molecule has 0 unspecified atom stereocenters. The second-order valence-electron chi connectivity index (χ2n) is 3.50. The van der Waals surface area contributed by atoms with E-state index in [-0.39, 0.29) is 11.8 Å². The number of guanidine groups is 1. The van der Waals surface area contributed by atoms with Gasteiger partial charge in [0.05, 0.1) is 12.0 Å². The molecule has 0 bridgehead atoms. The molecule has 1 fully saturated rings. The molecule has 1 N–H and O–H groups in total. The molecule has 0 atom stereocenters. The SMILES string of the molecule is O=[N+]([O-])/N=C1\NCCN1/C=N/c1ccc(F)cc1. The van der Waals surface area contributed by atoms with Crippen LogP contribution in [0.4, 0.5) is 10.1 Å². The lowest BCUT2D eigenvalue weighted by molar-refractivity contribution is -0.485. The highest BCUT2D eigenvalue weighted by molar-refractivity contribution is 5.92. The average Bonchev–Trinajstić information content (AvgIpc) is 2.75. The summed E-state index contributed by atoms with van der Waals surface area (Å²) in [7, 11) is 0. The molecule has 0 radical (unpaired) electrons. The third-order valence-corrected chi connectivity index (χ3v) is 2.26. The van der Waals surface area contributed by atoms with Gasteiger partial charge in [0, 0.05) is 13.1 Å². The summed E-state index contributed by atoms with van der Waals surface area (Å²) in [5.41, 5.74) is 0.559. The van der Waals surface area contributed by atoms with Crippen molar-refractivity contribution in [2.75, 3.05) is 13.1 Å². The molecular weight excluding hydrogens is 241 g/mol. The highest BCUT2D eigenvalue weighted by Gasteiger charge is 2.19. The van der Waals surface area contributed by atoms with E-state index in [2.05, 4.69) is 15.4 Å². The maximum atomic E-state index is 12.7. The van der Waals surface area contributed by atoms with Crippen molar-refractivity contribution < 1.29 is 9.42 Å². The van der Waals surface area contributed by atoms with E-state index in [4.69, 9.17) is 0 Å². The smallest absolute Gasteiger partial charge is 0.276 e. The number of benzene rings is 1. The van der Waals surface area contributed by atoms with Crippen LogP contribution in [0, 0.1) is 15.9 Å². The van der Waals surface area contributed by atoms with E-state index in [0.717, 1.165) is 0 Å². The first-order chi connectivity index (χ1) is 8.65. The van der Waals surface area contributed by atoms with Gasteiger partial charge in [0.1, 0.15) is 10.9 Å². The van der Waals surface area contributed by atoms with Crippen molar-refractivity contribution in [2.24, 2.45) is 10.1 Å². The van der Waals surface area contributed by atoms with Gasteiger partial charge in [0.15, 0.2) is 5.03 Å². The number of hydrogen-bond donors (Lipinski definition) is 1. The van der Waals surface area contributed by atoms with E-state index in [1.165, 1.54) is 35.5 Å². The summed E-state index contributed by atoms with van der Waals surface area (Å²) in [5, 5.41) is 15.5. The van der Waals surface area contributed by atoms with Gasteiger partial charge in [-0.2, -0.15) is 0 Å². The molecule has 1 aromatic carbocycles. The Morgan fingerprint density at radius 3 is 2.83 bits per heavy atom. The van der Waals surface area contributed by atoms with Gasteiger partial charge in [-0.05, 0) is 24.3 Å². The van der Waals surface area contributed by atoms with Crippen molar-refractivity contribution >= 4 is 18.0 Å². The summed E-state index contributed by atoms with van der Waals surface area (Å²) < 4.78 is 12.7. The van der Waals surface area contributed by atoms with E-state index in [9.17, 15) is 14.5 Å². The van der Waals surface area contributed by atoms with Gasteiger partial charge in [0.25, 0.3) is 5.96 Å². The van der Waals surface area contributed by atoms with Gasteiger partial charge < -0.3 is 5.32 Å². The van der Waals surface area contributed by atoms with E-state index in [1.54, 1.807) is 0 Å². The Labute approximate surface area is 102 Å². The predicted molar refractivity (Wildman–Crippen MR) is 63.7 cm³/mol. The fraction of sp³-hybridized carbons (Fsp3) is 0.200. The molecule has 1 aliphatic rings. The normalized spacial score (nSPS) is 17.4. The maximum absolute atomic E-state index is 12.7. The molecule has 0 aliphatic carbocycles. The Bertz CT molecular complexity index is 499. The lowest BCUT2D eigenvalue weighted by Gasteiger charge is -2.07. The van der Waals surface area contributed by atoms with E-state index in [0.29, 0.717) is 18.8 Å². The van der Waals surface area contributed by atoms with E-state index in [1.807, 2.05) is 0 Å². The Kier molecular flexibility index (Phi) is 3.46. The summed E-state index contributed by atoms with van der Waals surface area (Å²) in [5.74, 6) is -0.196. The molecule has 94 valence electrons. The van der Waals surface area contributed by atoms with Crippen LogP contribution in [0.25, 0.3) is 0 Å². The molecule has 0 amide bonds. The second kappa shape index (κ2) is 5.21. The average molecular weight is 251 g/mol. The molecule has 1 aliphatic heterocycles. The van der Waals surface area contributed by atoms with Gasteiger partial charge in [-0.3, -0.25) is 4.90 Å². The number of nitrogens with one attached hydrogen (secondary N) is 1.